The third-order valence-electron chi connectivity index (χ3n) is 2.45. The van der Waals surface area contributed by atoms with Crippen LogP contribution in [0.3, 0.4) is 0 Å². The first kappa shape index (κ1) is 10.2. The number of Topliss-reactive ketones (excluding diaryl/α,β-unsaturated/α-hetero) is 1. The summed E-state index contributed by atoms with van der Waals surface area (Å²) in [6.07, 6.45) is 3.56. The van der Waals surface area contributed by atoms with Gasteiger partial charge in [0.1, 0.15) is 0 Å². The number of aryl methyl sites for hydroxylation is 1. The number of hydrogen-bond acceptors (Lipinski definition) is 3. The second kappa shape index (κ2) is 4.49. The van der Waals surface area contributed by atoms with Crippen molar-refractivity contribution in [2.24, 2.45) is 0 Å². The van der Waals surface area contributed by atoms with E-state index in [1.165, 1.54) is 18.4 Å². The number of carbonyl (C=O) groups excluding carboxylic acids is 1. The normalized spacial score (nSPS) is 22.2. The maximum absolute atomic E-state index is 12.0. The van der Waals surface area contributed by atoms with Gasteiger partial charge in [-0.2, -0.15) is 11.8 Å². The van der Waals surface area contributed by atoms with E-state index in [1.807, 2.05) is 24.8 Å². The zero-order valence-corrected chi connectivity index (χ0v) is 9.92. The molecule has 0 radical (unpaired) electrons. The van der Waals surface area contributed by atoms with E-state index in [0.29, 0.717) is 5.78 Å². The Kier molecular flexibility index (Phi) is 3.29. The minimum Gasteiger partial charge on any atom is -0.292 e. The van der Waals surface area contributed by atoms with Gasteiger partial charge in [0.05, 0.1) is 10.1 Å². The predicted octanol–water partition coefficient (Wildman–Crippen LogP) is 3.52. The van der Waals surface area contributed by atoms with Crippen molar-refractivity contribution >= 4 is 28.9 Å². The van der Waals surface area contributed by atoms with Crippen LogP contribution in [-0.2, 0) is 0 Å². The SMILES string of the molecule is Cc1csc(C(=O)C2CCCCS2)c1. The summed E-state index contributed by atoms with van der Waals surface area (Å²) in [5.74, 6) is 1.51. The van der Waals surface area contributed by atoms with Crippen molar-refractivity contribution in [1.29, 1.82) is 0 Å². The number of hydrogen-bond donors (Lipinski definition) is 0. The Morgan fingerprint density at radius 2 is 2.36 bits per heavy atom. The molecule has 76 valence electrons. The number of ketones is 1. The Morgan fingerprint density at radius 3 is 2.93 bits per heavy atom. The molecule has 2 rings (SSSR count). The lowest BCUT2D eigenvalue weighted by Crippen LogP contribution is -2.19. The van der Waals surface area contributed by atoms with Crippen molar-refractivity contribution in [3.8, 4) is 0 Å². The zero-order chi connectivity index (χ0) is 9.97. The molecule has 1 aromatic rings. The van der Waals surface area contributed by atoms with E-state index < -0.39 is 0 Å². The van der Waals surface area contributed by atoms with E-state index in [1.54, 1.807) is 11.3 Å². The highest BCUT2D eigenvalue weighted by atomic mass is 32.2. The van der Waals surface area contributed by atoms with Gasteiger partial charge in [-0.3, -0.25) is 4.79 Å². The van der Waals surface area contributed by atoms with Gasteiger partial charge in [-0.05, 0) is 42.5 Å². The van der Waals surface area contributed by atoms with Crippen LogP contribution in [0, 0.1) is 6.92 Å². The van der Waals surface area contributed by atoms with E-state index in [2.05, 4.69) is 5.38 Å². The molecule has 14 heavy (non-hydrogen) atoms. The van der Waals surface area contributed by atoms with Crippen molar-refractivity contribution in [2.45, 2.75) is 31.4 Å². The van der Waals surface area contributed by atoms with E-state index in [4.69, 9.17) is 0 Å². The van der Waals surface area contributed by atoms with Gasteiger partial charge in [-0.15, -0.1) is 11.3 Å². The third-order valence-corrected chi connectivity index (χ3v) is 4.88. The van der Waals surface area contributed by atoms with E-state index >= 15 is 0 Å². The monoisotopic (exact) mass is 226 g/mol. The van der Waals surface area contributed by atoms with Crippen LogP contribution in [0.1, 0.15) is 34.5 Å². The average Bonchev–Trinajstić information content (AvgIpc) is 2.65. The summed E-state index contributed by atoms with van der Waals surface area (Å²) >= 11 is 3.42. The molecule has 0 aliphatic carbocycles. The molecule has 1 aliphatic rings. The summed E-state index contributed by atoms with van der Waals surface area (Å²) in [6.45, 7) is 2.04. The molecule has 0 aromatic carbocycles. The highest BCUT2D eigenvalue weighted by Crippen LogP contribution is 2.29. The van der Waals surface area contributed by atoms with E-state index in [9.17, 15) is 4.79 Å². The Balaban J connectivity index is 2.07. The first-order valence-electron chi connectivity index (χ1n) is 4.98. The summed E-state index contributed by atoms with van der Waals surface area (Å²) in [6, 6.07) is 2.02. The van der Waals surface area contributed by atoms with Crippen molar-refractivity contribution in [3.05, 3.63) is 21.9 Å². The maximum Gasteiger partial charge on any atom is 0.185 e. The van der Waals surface area contributed by atoms with Crippen molar-refractivity contribution in [1.82, 2.24) is 0 Å². The van der Waals surface area contributed by atoms with Crippen LogP contribution in [-0.4, -0.2) is 16.8 Å². The largest absolute Gasteiger partial charge is 0.292 e. The second-order valence-electron chi connectivity index (χ2n) is 3.71. The minimum atomic E-state index is 0.238. The molecule has 0 spiro atoms. The standard InChI is InChI=1S/C11H14OS2/c1-8-6-10(14-7-8)11(12)9-4-2-3-5-13-9/h6-7,9H,2-5H2,1H3. The molecule has 0 amide bonds. The number of thioether (sulfide) groups is 1. The molecule has 1 fully saturated rings. The van der Waals surface area contributed by atoms with Crippen molar-refractivity contribution in [3.63, 3.8) is 0 Å². The second-order valence-corrected chi connectivity index (χ2v) is 5.93. The van der Waals surface area contributed by atoms with Crippen LogP contribution in [0.2, 0.25) is 0 Å². The van der Waals surface area contributed by atoms with Crippen LogP contribution in [0.25, 0.3) is 0 Å². The fourth-order valence-corrected chi connectivity index (χ4v) is 3.90. The molecule has 0 bridgehead atoms. The Bertz CT molecular complexity index is 324. The van der Waals surface area contributed by atoms with E-state index in [0.717, 1.165) is 17.1 Å². The fourth-order valence-electron chi connectivity index (χ4n) is 1.67. The van der Waals surface area contributed by atoms with E-state index in [-0.39, 0.29) is 5.25 Å². The molecule has 2 heterocycles. The van der Waals surface area contributed by atoms with Gasteiger partial charge in [0.25, 0.3) is 0 Å². The smallest absolute Gasteiger partial charge is 0.185 e. The molecule has 1 atom stereocenters. The quantitative estimate of drug-likeness (QED) is 0.718. The first-order valence-corrected chi connectivity index (χ1v) is 6.91. The van der Waals surface area contributed by atoms with Crippen molar-refractivity contribution in [2.75, 3.05) is 5.75 Å². The molecule has 0 N–H and O–H groups in total. The Labute approximate surface area is 92.9 Å². The zero-order valence-electron chi connectivity index (χ0n) is 8.29. The van der Waals surface area contributed by atoms with Crippen LogP contribution >= 0.6 is 23.1 Å². The first-order chi connectivity index (χ1) is 6.77. The molecule has 1 unspecified atom stereocenters. The maximum atomic E-state index is 12.0. The Morgan fingerprint density at radius 1 is 1.50 bits per heavy atom. The van der Waals surface area contributed by atoms with Gasteiger partial charge in [-0.1, -0.05) is 6.42 Å². The summed E-state index contributed by atoms with van der Waals surface area (Å²) in [4.78, 5) is 12.9. The van der Waals surface area contributed by atoms with Crippen LogP contribution in [0.15, 0.2) is 11.4 Å². The van der Waals surface area contributed by atoms with Gasteiger partial charge in [0.2, 0.25) is 0 Å². The summed E-state index contributed by atoms with van der Waals surface area (Å²) < 4.78 is 0. The average molecular weight is 226 g/mol. The van der Waals surface area contributed by atoms with Gasteiger partial charge >= 0.3 is 0 Å². The Hall–Kier alpha value is -0.280. The van der Waals surface area contributed by atoms with Gasteiger partial charge in [-0.25, -0.2) is 0 Å². The lowest BCUT2D eigenvalue weighted by Gasteiger charge is -2.18. The third kappa shape index (κ3) is 2.20. The predicted molar refractivity (Wildman–Crippen MR) is 63.5 cm³/mol. The molecule has 1 aromatic heterocycles. The molecule has 1 saturated heterocycles. The van der Waals surface area contributed by atoms with Gasteiger partial charge in [0.15, 0.2) is 5.78 Å². The molecule has 0 saturated carbocycles. The topological polar surface area (TPSA) is 17.1 Å². The minimum absolute atomic E-state index is 0.238. The molecular weight excluding hydrogens is 212 g/mol. The van der Waals surface area contributed by atoms with Crippen LogP contribution in [0.5, 0.6) is 0 Å². The highest BCUT2D eigenvalue weighted by Gasteiger charge is 2.23. The molecule has 3 heteroatoms. The van der Waals surface area contributed by atoms with Crippen LogP contribution < -0.4 is 0 Å². The van der Waals surface area contributed by atoms with Crippen molar-refractivity contribution < 1.29 is 4.79 Å². The molecule has 1 aliphatic heterocycles. The summed E-state index contributed by atoms with van der Waals surface area (Å²) in [5, 5.41) is 2.29. The fraction of sp³-hybridized carbons (Fsp3) is 0.545. The van der Waals surface area contributed by atoms with Gasteiger partial charge < -0.3 is 0 Å². The summed E-state index contributed by atoms with van der Waals surface area (Å²) in [5.41, 5.74) is 1.21. The number of carbonyl (C=O) groups is 1. The van der Waals surface area contributed by atoms with Gasteiger partial charge in [0, 0.05) is 0 Å². The number of thiophene rings is 1. The van der Waals surface area contributed by atoms with Crippen LogP contribution in [0.4, 0.5) is 0 Å². The lowest BCUT2D eigenvalue weighted by molar-refractivity contribution is 0.0988. The lowest BCUT2D eigenvalue weighted by atomic mass is 10.1. The highest BCUT2D eigenvalue weighted by molar-refractivity contribution is 8.00. The molecule has 1 nitrogen and oxygen atoms in total. The molecular formula is C11H14OS2. The number of rotatable bonds is 2. The summed E-state index contributed by atoms with van der Waals surface area (Å²) in [7, 11) is 0.